The van der Waals surface area contributed by atoms with Crippen molar-refractivity contribution in [1.29, 1.82) is 0 Å². The van der Waals surface area contributed by atoms with E-state index in [1.54, 1.807) is 28.1 Å². The highest BCUT2D eigenvalue weighted by molar-refractivity contribution is 5.47. The van der Waals surface area contributed by atoms with Crippen LogP contribution in [0, 0.1) is 6.92 Å². The average molecular weight is 224 g/mol. The second-order valence-corrected chi connectivity index (χ2v) is 4.62. The summed E-state index contributed by atoms with van der Waals surface area (Å²) in [6.45, 7) is 5.59. The molecule has 90 valence electrons. The van der Waals surface area contributed by atoms with Gasteiger partial charge in [0.05, 0.1) is 19.8 Å². The zero-order chi connectivity index (χ0) is 12.3. The van der Waals surface area contributed by atoms with Gasteiger partial charge in [0.1, 0.15) is 0 Å². The highest BCUT2D eigenvalue weighted by atomic mass is 16.5. The summed E-state index contributed by atoms with van der Waals surface area (Å²) in [4.78, 5) is 0. The van der Waals surface area contributed by atoms with Crippen LogP contribution in [0.1, 0.15) is 25.0 Å². The van der Waals surface area contributed by atoms with Crippen LogP contribution in [0.3, 0.4) is 0 Å². The SMILES string of the molecule is COc1cc(C)c(CC(C)(C)O)cc1OC. The van der Waals surface area contributed by atoms with E-state index in [0.29, 0.717) is 12.2 Å². The molecular weight excluding hydrogens is 204 g/mol. The molecule has 0 spiro atoms. The minimum Gasteiger partial charge on any atom is -0.493 e. The molecule has 0 saturated heterocycles. The van der Waals surface area contributed by atoms with Crippen molar-refractivity contribution in [3.05, 3.63) is 23.3 Å². The summed E-state index contributed by atoms with van der Waals surface area (Å²) in [7, 11) is 3.23. The van der Waals surface area contributed by atoms with Gasteiger partial charge in [-0.25, -0.2) is 0 Å². The van der Waals surface area contributed by atoms with Gasteiger partial charge in [-0.1, -0.05) is 0 Å². The Morgan fingerprint density at radius 2 is 1.62 bits per heavy atom. The molecule has 0 bridgehead atoms. The van der Waals surface area contributed by atoms with Crippen LogP contribution in [-0.4, -0.2) is 24.9 Å². The topological polar surface area (TPSA) is 38.7 Å². The van der Waals surface area contributed by atoms with Crippen LogP contribution in [0.2, 0.25) is 0 Å². The number of hydrogen-bond donors (Lipinski definition) is 1. The van der Waals surface area contributed by atoms with Crippen LogP contribution in [0.15, 0.2) is 12.1 Å². The van der Waals surface area contributed by atoms with Crippen LogP contribution in [0.5, 0.6) is 11.5 Å². The zero-order valence-corrected chi connectivity index (χ0v) is 10.6. The Labute approximate surface area is 97.0 Å². The Hall–Kier alpha value is -1.22. The molecule has 0 aromatic heterocycles. The number of aliphatic hydroxyl groups is 1. The number of ether oxygens (including phenoxy) is 2. The second-order valence-electron chi connectivity index (χ2n) is 4.62. The Bertz CT molecular complexity index is 364. The molecule has 0 unspecified atom stereocenters. The predicted molar refractivity (Wildman–Crippen MR) is 64.3 cm³/mol. The molecule has 0 aliphatic carbocycles. The molecular formula is C13H20O3. The summed E-state index contributed by atoms with van der Waals surface area (Å²) in [6, 6.07) is 3.85. The maximum atomic E-state index is 9.81. The van der Waals surface area contributed by atoms with Gasteiger partial charge in [-0.05, 0) is 44.0 Å². The van der Waals surface area contributed by atoms with Gasteiger partial charge in [0.15, 0.2) is 11.5 Å². The van der Waals surface area contributed by atoms with Crippen molar-refractivity contribution in [3.8, 4) is 11.5 Å². The molecule has 0 aliphatic heterocycles. The molecule has 1 aromatic carbocycles. The van der Waals surface area contributed by atoms with Gasteiger partial charge in [-0.2, -0.15) is 0 Å². The second kappa shape index (κ2) is 4.74. The van der Waals surface area contributed by atoms with E-state index in [-0.39, 0.29) is 0 Å². The molecule has 0 atom stereocenters. The van der Waals surface area contributed by atoms with Gasteiger partial charge in [0.25, 0.3) is 0 Å². The molecule has 0 saturated carbocycles. The van der Waals surface area contributed by atoms with Gasteiger partial charge in [0, 0.05) is 6.42 Å². The van der Waals surface area contributed by atoms with Gasteiger partial charge < -0.3 is 14.6 Å². The van der Waals surface area contributed by atoms with Crippen LogP contribution < -0.4 is 9.47 Å². The zero-order valence-electron chi connectivity index (χ0n) is 10.6. The van der Waals surface area contributed by atoms with E-state index in [4.69, 9.17) is 9.47 Å². The average Bonchev–Trinajstić information content (AvgIpc) is 2.18. The van der Waals surface area contributed by atoms with E-state index >= 15 is 0 Å². The van der Waals surface area contributed by atoms with E-state index in [1.165, 1.54) is 0 Å². The summed E-state index contributed by atoms with van der Waals surface area (Å²) in [5.74, 6) is 1.42. The smallest absolute Gasteiger partial charge is 0.161 e. The number of rotatable bonds is 4. The molecule has 1 rings (SSSR count). The van der Waals surface area contributed by atoms with E-state index in [1.807, 2.05) is 19.1 Å². The van der Waals surface area contributed by atoms with Crippen molar-refractivity contribution in [2.24, 2.45) is 0 Å². The third-order valence-electron chi connectivity index (χ3n) is 2.47. The number of hydrogen-bond acceptors (Lipinski definition) is 3. The summed E-state index contributed by atoms with van der Waals surface area (Å²) >= 11 is 0. The molecule has 1 aromatic rings. The summed E-state index contributed by atoms with van der Waals surface area (Å²) < 4.78 is 10.5. The fourth-order valence-electron chi connectivity index (χ4n) is 1.68. The van der Waals surface area contributed by atoms with Crippen molar-refractivity contribution in [2.45, 2.75) is 32.8 Å². The largest absolute Gasteiger partial charge is 0.493 e. The number of methoxy groups -OCH3 is 2. The lowest BCUT2D eigenvalue weighted by Crippen LogP contribution is -2.22. The monoisotopic (exact) mass is 224 g/mol. The highest BCUT2D eigenvalue weighted by Crippen LogP contribution is 2.31. The summed E-state index contributed by atoms with van der Waals surface area (Å²) in [6.07, 6.45) is 0.596. The van der Waals surface area contributed by atoms with E-state index in [0.717, 1.165) is 16.9 Å². The lowest BCUT2D eigenvalue weighted by Gasteiger charge is -2.20. The molecule has 0 amide bonds. The van der Waals surface area contributed by atoms with Crippen LogP contribution in [0.4, 0.5) is 0 Å². The van der Waals surface area contributed by atoms with Crippen molar-refractivity contribution in [1.82, 2.24) is 0 Å². The highest BCUT2D eigenvalue weighted by Gasteiger charge is 2.17. The van der Waals surface area contributed by atoms with Crippen LogP contribution in [-0.2, 0) is 6.42 Å². The molecule has 0 radical (unpaired) electrons. The Balaban J connectivity index is 3.11. The van der Waals surface area contributed by atoms with Crippen molar-refractivity contribution in [2.75, 3.05) is 14.2 Å². The number of benzene rings is 1. The summed E-state index contributed by atoms with van der Waals surface area (Å²) in [5.41, 5.74) is 1.45. The third kappa shape index (κ3) is 3.14. The van der Waals surface area contributed by atoms with E-state index < -0.39 is 5.60 Å². The molecule has 0 aliphatic rings. The lowest BCUT2D eigenvalue weighted by atomic mass is 9.95. The molecule has 16 heavy (non-hydrogen) atoms. The third-order valence-corrected chi connectivity index (χ3v) is 2.47. The van der Waals surface area contributed by atoms with Gasteiger partial charge in [-0.3, -0.25) is 0 Å². The Morgan fingerprint density at radius 1 is 1.12 bits per heavy atom. The molecule has 0 fully saturated rings. The van der Waals surface area contributed by atoms with Gasteiger partial charge >= 0.3 is 0 Å². The summed E-state index contributed by atoms with van der Waals surface area (Å²) in [5, 5.41) is 9.81. The first-order valence-electron chi connectivity index (χ1n) is 5.31. The van der Waals surface area contributed by atoms with E-state index in [9.17, 15) is 5.11 Å². The first-order chi connectivity index (χ1) is 7.37. The molecule has 3 nitrogen and oxygen atoms in total. The van der Waals surface area contributed by atoms with Crippen molar-refractivity contribution >= 4 is 0 Å². The van der Waals surface area contributed by atoms with Crippen molar-refractivity contribution < 1.29 is 14.6 Å². The molecule has 3 heteroatoms. The fraction of sp³-hybridized carbons (Fsp3) is 0.538. The first-order valence-corrected chi connectivity index (χ1v) is 5.31. The minimum atomic E-state index is -0.718. The normalized spacial score (nSPS) is 11.4. The predicted octanol–water partition coefficient (Wildman–Crippen LogP) is 2.33. The van der Waals surface area contributed by atoms with Crippen LogP contribution >= 0.6 is 0 Å². The minimum absolute atomic E-state index is 0.596. The molecule has 0 heterocycles. The quantitative estimate of drug-likeness (QED) is 0.853. The lowest BCUT2D eigenvalue weighted by molar-refractivity contribution is 0.0807. The van der Waals surface area contributed by atoms with Gasteiger partial charge in [0.2, 0.25) is 0 Å². The number of aryl methyl sites for hydroxylation is 1. The Kier molecular flexibility index (Phi) is 3.81. The maximum absolute atomic E-state index is 9.81. The Morgan fingerprint density at radius 3 is 2.06 bits per heavy atom. The van der Waals surface area contributed by atoms with E-state index in [2.05, 4.69) is 0 Å². The molecule has 1 N–H and O–H groups in total. The van der Waals surface area contributed by atoms with Gasteiger partial charge in [-0.15, -0.1) is 0 Å². The maximum Gasteiger partial charge on any atom is 0.161 e. The fourth-order valence-corrected chi connectivity index (χ4v) is 1.68. The first kappa shape index (κ1) is 12.8. The van der Waals surface area contributed by atoms with Crippen molar-refractivity contribution in [3.63, 3.8) is 0 Å². The standard InChI is InChI=1S/C13H20O3/c1-9-6-11(15-4)12(16-5)7-10(9)8-13(2,3)14/h6-7,14H,8H2,1-5H3. The van der Waals surface area contributed by atoms with Crippen LogP contribution in [0.25, 0.3) is 0 Å².